The van der Waals surface area contributed by atoms with Crippen molar-refractivity contribution >= 4 is 5.91 Å². The zero-order valence-corrected chi connectivity index (χ0v) is 11.5. The molecule has 0 spiro atoms. The molecule has 2 aliphatic rings. The van der Waals surface area contributed by atoms with Crippen LogP contribution in [0.1, 0.15) is 64.7 Å². The molecule has 0 aliphatic heterocycles. The third kappa shape index (κ3) is 3.46. The van der Waals surface area contributed by atoms with Gasteiger partial charge in [0.25, 0.3) is 0 Å². The summed E-state index contributed by atoms with van der Waals surface area (Å²) < 4.78 is 0. The van der Waals surface area contributed by atoms with Gasteiger partial charge in [-0.15, -0.1) is 0 Å². The summed E-state index contributed by atoms with van der Waals surface area (Å²) in [4.78, 5) is 14.3. The molecule has 0 aromatic carbocycles. The average molecular weight is 237 g/mol. The molecule has 0 radical (unpaired) electrons. The number of nitrogens with zero attached hydrogens (tertiary/aromatic N) is 1. The van der Waals surface area contributed by atoms with Crippen molar-refractivity contribution in [3.8, 4) is 0 Å². The van der Waals surface area contributed by atoms with E-state index in [2.05, 4.69) is 11.8 Å². The van der Waals surface area contributed by atoms with E-state index in [0.29, 0.717) is 17.9 Å². The third-order valence-corrected chi connectivity index (χ3v) is 4.86. The molecule has 0 aromatic rings. The molecular weight excluding hydrogens is 210 g/mol. The molecule has 2 rings (SSSR count). The largest absolute Gasteiger partial charge is 0.343 e. The zero-order valence-electron chi connectivity index (χ0n) is 11.5. The Morgan fingerprint density at radius 1 is 1.06 bits per heavy atom. The SMILES string of the molecule is CN(C(=O)CC1CCCC1)[C@H]1CC[C@H](C)CC1. The van der Waals surface area contributed by atoms with E-state index in [9.17, 15) is 4.79 Å². The number of hydrogen-bond acceptors (Lipinski definition) is 1. The van der Waals surface area contributed by atoms with Gasteiger partial charge < -0.3 is 4.90 Å². The van der Waals surface area contributed by atoms with Gasteiger partial charge in [-0.3, -0.25) is 4.79 Å². The Hall–Kier alpha value is -0.530. The van der Waals surface area contributed by atoms with Crippen LogP contribution in [0, 0.1) is 11.8 Å². The van der Waals surface area contributed by atoms with Crippen LogP contribution in [0.25, 0.3) is 0 Å². The number of rotatable bonds is 3. The van der Waals surface area contributed by atoms with Gasteiger partial charge in [0.2, 0.25) is 5.91 Å². The van der Waals surface area contributed by atoms with Crippen molar-refractivity contribution in [3.05, 3.63) is 0 Å². The highest BCUT2D eigenvalue weighted by molar-refractivity contribution is 5.76. The Morgan fingerprint density at radius 3 is 2.24 bits per heavy atom. The van der Waals surface area contributed by atoms with Crippen LogP contribution in [0.2, 0.25) is 0 Å². The average Bonchev–Trinajstić information content (AvgIpc) is 2.82. The van der Waals surface area contributed by atoms with Crippen molar-refractivity contribution in [1.82, 2.24) is 4.90 Å². The molecule has 17 heavy (non-hydrogen) atoms. The van der Waals surface area contributed by atoms with Crippen LogP contribution >= 0.6 is 0 Å². The van der Waals surface area contributed by atoms with Gasteiger partial charge in [0, 0.05) is 19.5 Å². The van der Waals surface area contributed by atoms with Crippen LogP contribution in [-0.2, 0) is 4.79 Å². The van der Waals surface area contributed by atoms with Gasteiger partial charge in [-0.25, -0.2) is 0 Å². The van der Waals surface area contributed by atoms with Crippen molar-refractivity contribution in [2.24, 2.45) is 11.8 Å². The summed E-state index contributed by atoms with van der Waals surface area (Å²) >= 11 is 0. The van der Waals surface area contributed by atoms with E-state index in [1.54, 1.807) is 0 Å². The topological polar surface area (TPSA) is 20.3 Å². The minimum atomic E-state index is 0.399. The monoisotopic (exact) mass is 237 g/mol. The molecule has 2 aliphatic carbocycles. The number of carbonyl (C=O) groups excluding carboxylic acids is 1. The minimum Gasteiger partial charge on any atom is -0.343 e. The quantitative estimate of drug-likeness (QED) is 0.734. The summed E-state index contributed by atoms with van der Waals surface area (Å²) in [7, 11) is 2.03. The standard InChI is InChI=1S/C15H27NO/c1-12-7-9-14(10-8-12)16(2)15(17)11-13-5-3-4-6-13/h12-14H,3-11H2,1-2H3/t12-,14-. The van der Waals surface area contributed by atoms with Gasteiger partial charge in [-0.2, -0.15) is 0 Å². The summed E-state index contributed by atoms with van der Waals surface area (Å²) in [6.07, 6.45) is 11.1. The smallest absolute Gasteiger partial charge is 0.222 e. The van der Waals surface area contributed by atoms with Gasteiger partial charge in [0.05, 0.1) is 0 Å². The molecule has 0 aromatic heterocycles. The zero-order chi connectivity index (χ0) is 12.3. The maximum Gasteiger partial charge on any atom is 0.222 e. The molecular formula is C15H27NO. The predicted octanol–water partition coefficient (Wildman–Crippen LogP) is 3.60. The first-order valence-electron chi connectivity index (χ1n) is 7.42. The number of amides is 1. The number of hydrogen-bond donors (Lipinski definition) is 0. The lowest BCUT2D eigenvalue weighted by molar-refractivity contribution is -0.133. The summed E-state index contributed by atoms with van der Waals surface area (Å²) in [6, 6.07) is 0.528. The fraction of sp³-hybridized carbons (Fsp3) is 0.933. The molecule has 98 valence electrons. The molecule has 0 heterocycles. The van der Waals surface area contributed by atoms with Crippen molar-refractivity contribution in [2.45, 2.75) is 70.8 Å². The van der Waals surface area contributed by atoms with Crippen LogP contribution in [0.5, 0.6) is 0 Å². The second kappa shape index (κ2) is 5.88. The summed E-state index contributed by atoms with van der Waals surface area (Å²) in [6.45, 7) is 2.33. The lowest BCUT2D eigenvalue weighted by Gasteiger charge is -2.34. The first kappa shape index (κ1) is 12.9. The molecule has 2 saturated carbocycles. The van der Waals surface area contributed by atoms with E-state index in [4.69, 9.17) is 0 Å². The van der Waals surface area contributed by atoms with Crippen molar-refractivity contribution in [3.63, 3.8) is 0 Å². The van der Waals surface area contributed by atoms with E-state index in [0.717, 1.165) is 12.3 Å². The second-order valence-electron chi connectivity index (χ2n) is 6.27. The Bertz CT molecular complexity index is 250. The van der Waals surface area contributed by atoms with E-state index >= 15 is 0 Å². The van der Waals surface area contributed by atoms with Crippen molar-refractivity contribution < 1.29 is 4.79 Å². The van der Waals surface area contributed by atoms with Gasteiger partial charge in [-0.1, -0.05) is 19.8 Å². The summed E-state index contributed by atoms with van der Waals surface area (Å²) in [5.41, 5.74) is 0. The predicted molar refractivity (Wildman–Crippen MR) is 70.8 cm³/mol. The van der Waals surface area contributed by atoms with Crippen LogP contribution in [-0.4, -0.2) is 23.9 Å². The van der Waals surface area contributed by atoms with E-state index in [1.165, 1.54) is 51.4 Å². The van der Waals surface area contributed by atoms with Crippen LogP contribution in [0.3, 0.4) is 0 Å². The Morgan fingerprint density at radius 2 is 1.65 bits per heavy atom. The molecule has 2 nitrogen and oxygen atoms in total. The van der Waals surface area contributed by atoms with Gasteiger partial charge in [-0.05, 0) is 50.4 Å². The molecule has 0 N–H and O–H groups in total. The van der Waals surface area contributed by atoms with Crippen LogP contribution < -0.4 is 0 Å². The van der Waals surface area contributed by atoms with Gasteiger partial charge >= 0.3 is 0 Å². The molecule has 0 atom stereocenters. The minimum absolute atomic E-state index is 0.399. The summed E-state index contributed by atoms with van der Waals surface area (Å²) in [5, 5.41) is 0. The molecule has 0 saturated heterocycles. The summed E-state index contributed by atoms with van der Waals surface area (Å²) in [5.74, 6) is 1.95. The highest BCUT2D eigenvalue weighted by Crippen LogP contribution is 2.30. The van der Waals surface area contributed by atoms with Crippen LogP contribution in [0.4, 0.5) is 0 Å². The van der Waals surface area contributed by atoms with Crippen molar-refractivity contribution in [2.75, 3.05) is 7.05 Å². The van der Waals surface area contributed by atoms with Crippen molar-refractivity contribution in [1.29, 1.82) is 0 Å². The lowest BCUT2D eigenvalue weighted by atomic mass is 9.86. The number of carbonyl (C=O) groups is 1. The molecule has 0 bridgehead atoms. The lowest BCUT2D eigenvalue weighted by Crippen LogP contribution is -2.39. The molecule has 2 fully saturated rings. The normalized spacial score (nSPS) is 30.5. The van der Waals surface area contributed by atoms with E-state index < -0.39 is 0 Å². The first-order valence-corrected chi connectivity index (χ1v) is 7.42. The maximum absolute atomic E-state index is 12.2. The van der Waals surface area contributed by atoms with E-state index in [-0.39, 0.29) is 0 Å². The molecule has 1 amide bonds. The van der Waals surface area contributed by atoms with Crippen LogP contribution in [0.15, 0.2) is 0 Å². The molecule has 2 heteroatoms. The molecule has 0 unspecified atom stereocenters. The third-order valence-electron chi connectivity index (χ3n) is 4.86. The second-order valence-corrected chi connectivity index (χ2v) is 6.27. The first-order chi connectivity index (χ1) is 8.16. The Labute approximate surface area is 106 Å². The maximum atomic E-state index is 12.2. The van der Waals surface area contributed by atoms with E-state index in [1.807, 2.05) is 7.05 Å². The Balaban J connectivity index is 1.77. The van der Waals surface area contributed by atoms with Gasteiger partial charge in [0.1, 0.15) is 0 Å². The fourth-order valence-electron chi connectivity index (χ4n) is 3.44. The highest BCUT2D eigenvalue weighted by Gasteiger charge is 2.27. The van der Waals surface area contributed by atoms with Gasteiger partial charge in [0.15, 0.2) is 0 Å². The fourth-order valence-corrected chi connectivity index (χ4v) is 3.44. The Kier molecular flexibility index (Phi) is 4.47. The highest BCUT2D eigenvalue weighted by atomic mass is 16.2.